The molecule has 0 aliphatic carbocycles. The van der Waals surface area contributed by atoms with Gasteiger partial charge in [-0.1, -0.05) is 15.9 Å². The molecule has 0 spiro atoms. The molecular formula is C13H17BrN2OS. The molecule has 3 nitrogen and oxygen atoms in total. The zero-order chi connectivity index (χ0) is 13.0. The van der Waals surface area contributed by atoms with Crippen LogP contribution in [-0.4, -0.2) is 30.0 Å². The number of carbonyl (C=O) groups excluding carboxylic acids is 1. The van der Waals surface area contributed by atoms with Crippen molar-refractivity contribution in [2.75, 3.05) is 24.2 Å². The number of anilines is 1. The molecule has 2 N–H and O–H groups in total. The van der Waals surface area contributed by atoms with Gasteiger partial charge < -0.3 is 10.6 Å². The van der Waals surface area contributed by atoms with E-state index in [2.05, 4.69) is 26.6 Å². The largest absolute Gasteiger partial charge is 0.325 e. The lowest BCUT2D eigenvalue weighted by molar-refractivity contribution is -0.113. The fourth-order valence-corrected chi connectivity index (χ4v) is 3.11. The Balaban J connectivity index is 1.80. The minimum atomic E-state index is 0.0774. The van der Waals surface area contributed by atoms with Crippen LogP contribution in [0.2, 0.25) is 0 Å². The van der Waals surface area contributed by atoms with E-state index in [1.807, 2.05) is 25.1 Å². The summed E-state index contributed by atoms with van der Waals surface area (Å²) in [6.45, 7) is 4.11. The third-order valence-electron chi connectivity index (χ3n) is 2.91. The molecule has 1 aliphatic heterocycles. The van der Waals surface area contributed by atoms with Crippen molar-refractivity contribution in [3.63, 3.8) is 0 Å². The average molecular weight is 329 g/mol. The van der Waals surface area contributed by atoms with E-state index in [-0.39, 0.29) is 5.91 Å². The summed E-state index contributed by atoms with van der Waals surface area (Å²) in [6.07, 6.45) is 1.16. The standard InChI is InChI=1S/C13H17BrN2OS/c1-9-6-10(2-3-12(9)14)16-13(17)8-18-11-4-5-15-7-11/h2-3,6,11,15H,4-5,7-8H2,1H3,(H,16,17). The monoisotopic (exact) mass is 328 g/mol. The Labute approximate surface area is 120 Å². The van der Waals surface area contributed by atoms with Gasteiger partial charge in [-0.05, 0) is 43.7 Å². The summed E-state index contributed by atoms with van der Waals surface area (Å²) in [5.74, 6) is 0.607. The Morgan fingerprint density at radius 3 is 3.11 bits per heavy atom. The molecule has 1 amide bonds. The van der Waals surface area contributed by atoms with Crippen molar-refractivity contribution in [1.82, 2.24) is 5.32 Å². The zero-order valence-corrected chi connectivity index (χ0v) is 12.7. The van der Waals surface area contributed by atoms with Crippen LogP contribution in [0.3, 0.4) is 0 Å². The van der Waals surface area contributed by atoms with E-state index in [1.165, 1.54) is 0 Å². The molecule has 1 atom stereocenters. The van der Waals surface area contributed by atoms with Crippen molar-refractivity contribution in [1.29, 1.82) is 0 Å². The van der Waals surface area contributed by atoms with E-state index in [0.717, 1.165) is 35.2 Å². The molecule has 0 bridgehead atoms. The maximum absolute atomic E-state index is 11.8. The van der Waals surface area contributed by atoms with Crippen molar-refractivity contribution in [3.8, 4) is 0 Å². The van der Waals surface area contributed by atoms with E-state index in [4.69, 9.17) is 0 Å². The molecule has 0 aromatic heterocycles. The van der Waals surface area contributed by atoms with Gasteiger partial charge in [0.1, 0.15) is 0 Å². The van der Waals surface area contributed by atoms with E-state index in [0.29, 0.717) is 11.0 Å². The van der Waals surface area contributed by atoms with Gasteiger partial charge in [0.2, 0.25) is 5.91 Å². The maximum Gasteiger partial charge on any atom is 0.234 e. The number of halogens is 1. The van der Waals surface area contributed by atoms with Gasteiger partial charge in [0.05, 0.1) is 5.75 Å². The first-order valence-electron chi connectivity index (χ1n) is 6.03. The fourth-order valence-electron chi connectivity index (χ4n) is 1.88. The first-order chi connectivity index (χ1) is 8.65. The molecule has 1 aromatic carbocycles. The highest BCUT2D eigenvalue weighted by molar-refractivity contribution is 9.10. The Morgan fingerprint density at radius 1 is 1.61 bits per heavy atom. The van der Waals surface area contributed by atoms with Gasteiger partial charge >= 0.3 is 0 Å². The number of hydrogen-bond donors (Lipinski definition) is 2. The van der Waals surface area contributed by atoms with Gasteiger partial charge in [0, 0.05) is 22.0 Å². The van der Waals surface area contributed by atoms with Crippen LogP contribution in [0, 0.1) is 6.92 Å². The zero-order valence-electron chi connectivity index (χ0n) is 10.3. The summed E-state index contributed by atoms with van der Waals surface area (Å²) in [5, 5.41) is 6.82. The normalized spacial score (nSPS) is 18.9. The van der Waals surface area contributed by atoms with Crippen molar-refractivity contribution >= 4 is 39.3 Å². The van der Waals surface area contributed by atoms with Crippen molar-refractivity contribution < 1.29 is 4.79 Å². The van der Waals surface area contributed by atoms with Crippen LogP contribution < -0.4 is 10.6 Å². The second kappa shape index (κ2) is 6.59. The Bertz CT molecular complexity index is 433. The molecular weight excluding hydrogens is 312 g/mol. The maximum atomic E-state index is 11.8. The van der Waals surface area contributed by atoms with Gasteiger partial charge in [0.15, 0.2) is 0 Å². The summed E-state index contributed by atoms with van der Waals surface area (Å²) in [6, 6.07) is 5.85. The van der Waals surface area contributed by atoms with E-state index >= 15 is 0 Å². The van der Waals surface area contributed by atoms with Crippen LogP contribution >= 0.6 is 27.7 Å². The lowest BCUT2D eigenvalue weighted by Crippen LogP contribution is -2.17. The van der Waals surface area contributed by atoms with E-state index in [1.54, 1.807) is 11.8 Å². The molecule has 0 radical (unpaired) electrons. The highest BCUT2D eigenvalue weighted by Crippen LogP contribution is 2.21. The summed E-state index contributed by atoms with van der Waals surface area (Å²) in [4.78, 5) is 11.8. The summed E-state index contributed by atoms with van der Waals surface area (Å²) in [5.41, 5.74) is 1.99. The summed E-state index contributed by atoms with van der Waals surface area (Å²) < 4.78 is 1.06. The SMILES string of the molecule is Cc1cc(NC(=O)CSC2CCNC2)ccc1Br. The fraction of sp³-hybridized carbons (Fsp3) is 0.462. The number of nitrogens with one attached hydrogen (secondary N) is 2. The minimum absolute atomic E-state index is 0.0774. The van der Waals surface area contributed by atoms with Crippen LogP contribution in [-0.2, 0) is 4.79 Å². The number of amides is 1. The third kappa shape index (κ3) is 4.00. The van der Waals surface area contributed by atoms with Crippen molar-refractivity contribution in [3.05, 3.63) is 28.2 Å². The van der Waals surface area contributed by atoms with Gasteiger partial charge in [0.25, 0.3) is 0 Å². The number of hydrogen-bond acceptors (Lipinski definition) is 3. The molecule has 0 saturated carbocycles. The smallest absolute Gasteiger partial charge is 0.234 e. The molecule has 2 rings (SSSR count). The van der Waals surface area contributed by atoms with Crippen molar-refractivity contribution in [2.24, 2.45) is 0 Å². The summed E-state index contributed by atoms with van der Waals surface area (Å²) >= 11 is 5.18. The van der Waals surface area contributed by atoms with Gasteiger partial charge in [-0.15, -0.1) is 11.8 Å². The number of carbonyl (C=O) groups is 1. The summed E-state index contributed by atoms with van der Waals surface area (Å²) in [7, 11) is 0. The first kappa shape index (κ1) is 13.9. The Kier molecular flexibility index (Phi) is 5.09. The van der Waals surface area contributed by atoms with E-state index < -0.39 is 0 Å². The highest BCUT2D eigenvalue weighted by atomic mass is 79.9. The lowest BCUT2D eigenvalue weighted by Gasteiger charge is -2.09. The molecule has 1 saturated heterocycles. The number of thioether (sulfide) groups is 1. The van der Waals surface area contributed by atoms with Crippen LogP contribution in [0.5, 0.6) is 0 Å². The molecule has 1 unspecified atom stereocenters. The Hall–Kier alpha value is -0.520. The van der Waals surface area contributed by atoms with Crippen LogP contribution in [0.1, 0.15) is 12.0 Å². The quantitative estimate of drug-likeness (QED) is 0.892. The number of rotatable bonds is 4. The highest BCUT2D eigenvalue weighted by Gasteiger charge is 2.16. The van der Waals surface area contributed by atoms with Crippen LogP contribution in [0.25, 0.3) is 0 Å². The number of aryl methyl sites for hydroxylation is 1. The predicted molar refractivity (Wildman–Crippen MR) is 81.2 cm³/mol. The molecule has 1 aromatic rings. The minimum Gasteiger partial charge on any atom is -0.325 e. The number of benzene rings is 1. The molecule has 18 heavy (non-hydrogen) atoms. The predicted octanol–water partition coefficient (Wildman–Crippen LogP) is 2.79. The van der Waals surface area contributed by atoms with Crippen molar-refractivity contribution in [2.45, 2.75) is 18.6 Å². The molecule has 5 heteroatoms. The average Bonchev–Trinajstić information content (AvgIpc) is 2.84. The third-order valence-corrected chi connectivity index (χ3v) is 5.10. The van der Waals surface area contributed by atoms with Gasteiger partial charge in [-0.3, -0.25) is 4.79 Å². The van der Waals surface area contributed by atoms with Crippen LogP contribution in [0.4, 0.5) is 5.69 Å². The van der Waals surface area contributed by atoms with Gasteiger partial charge in [-0.25, -0.2) is 0 Å². The molecule has 1 aliphatic rings. The molecule has 1 fully saturated rings. The second-order valence-corrected chi connectivity index (χ2v) is 6.58. The first-order valence-corrected chi connectivity index (χ1v) is 7.87. The lowest BCUT2D eigenvalue weighted by atomic mass is 10.2. The van der Waals surface area contributed by atoms with Crippen LogP contribution in [0.15, 0.2) is 22.7 Å². The molecule has 98 valence electrons. The molecule has 1 heterocycles. The Morgan fingerprint density at radius 2 is 2.44 bits per heavy atom. The second-order valence-electron chi connectivity index (χ2n) is 4.44. The van der Waals surface area contributed by atoms with Gasteiger partial charge in [-0.2, -0.15) is 0 Å². The topological polar surface area (TPSA) is 41.1 Å². The van der Waals surface area contributed by atoms with E-state index in [9.17, 15) is 4.79 Å².